The third-order valence-electron chi connectivity index (χ3n) is 12.1. The number of hydrogen-bond acceptors (Lipinski definition) is 1. The third-order valence-corrected chi connectivity index (χ3v) is 12.1. The van der Waals surface area contributed by atoms with E-state index in [1.54, 1.807) is 0 Å². The molecular weight excluding hydrogens is 699 g/mol. The summed E-state index contributed by atoms with van der Waals surface area (Å²) < 4.78 is 0. The fourth-order valence-electron chi connectivity index (χ4n) is 9.54. The second-order valence-electron chi connectivity index (χ2n) is 15.2. The summed E-state index contributed by atoms with van der Waals surface area (Å²) in [5.74, 6) is 0. The molecule has 272 valence electrons. The van der Waals surface area contributed by atoms with E-state index < -0.39 is 5.41 Å². The lowest BCUT2D eigenvalue weighted by molar-refractivity contribution is 0.768. The summed E-state index contributed by atoms with van der Waals surface area (Å²) in [6.45, 7) is 0. The number of rotatable bonds is 7. The maximum atomic E-state index is 2.45. The van der Waals surface area contributed by atoms with Gasteiger partial charge in [-0.3, -0.25) is 0 Å². The van der Waals surface area contributed by atoms with Crippen LogP contribution in [0, 0.1) is 0 Å². The second-order valence-corrected chi connectivity index (χ2v) is 15.2. The van der Waals surface area contributed by atoms with E-state index in [-0.39, 0.29) is 0 Å². The highest BCUT2D eigenvalue weighted by Crippen LogP contribution is 2.57. The average Bonchev–Trinajstić information content (AvgIpc) is 3.60. The number of nitrogens with zero attached hydrogens (tertiary/aromatic N) is 1. The first kappa shape index (κ1) is 33.8. The van der Waals surface area contributed by atoms with Crippen LogP contribution in [0.4, 0.5) is 17.1 Å². The molecule has 0 heterocycles. The zero-order valence-electron chi connectivity index (χ0n) is 32.0. The predicted octanol–water partition coefficient (Wildman–Crippen LogP) is 15.2. The largest absolute Gasteiger partial charge is 0.310 e. The molecule has 1 aliphatic rings. The maximum absolute atomic E-state index is 2.45. The Morgan fingerprint density at radius 2 is 0.759 bits per heavy atom. The van der Waals surface area contributed by atoms with Crippen LogP contribution in [-0.2, 0) is 5.41 Å². The zero-order valence-corrected chi connectivity index (χ0v) is 32.0. The van der Waals surface area contributed by atoms with E-state index in [4.69, 9.17) is 0 Å². The van der Waals surface area contributed by atoms with E-state index in [9.17, 15) is 0 Å². The topological polar surface area (TPSA) is 3.24 Å². The Balaban J connectivity index is 1.11. The molecule has 10 aromatic rings. The summed E-state index contributed by atoms with van der Waals surface area (Å²) in [6.07, 6.45) is 0. The van der Waals surface area contributed by atoms with Crippen molar-refractivity contribution < 1.29 is 0 Å². The van der Waals surface area contributed by atoms with Gasteiger partial charge >= 0.3 is 0 Å². The summed E-state index contributed by atoms with van der Waals surface area (Å²) in [6, 6.07) is 86.8. The summed E-state index contributed by atoms with van der Waals surface area (Å²) >= 11 is 0. The summed E-state index contributed by atoms with van der Waals surface area (Å²) in [4.78, 5) is 2.42. The lowest BCUT2D eigenvalue weighted by Gasteiger charge is -2.35. The minimum Gasteiger partial charge on any atom is -0.310 e. The molecule has 0 N–H and O–H groups in total. The van der Waals surface area contributed by atoms with Gasteiger partial charge in [-0.05, 0) is 120 Å². The summed E-state index contributed by atoms with van der Waals surface area (Å²) in [5.41, 5.74) is 15.3. The summed E-state index contributed by atoms with van der Waals surface area (Å²) in [7, 11) is 0. The zero-order chi connectivity index (χ0) is 38.5. The lowest BCUT2D eigenvalue weighted by atomic mass is 9.67. The van der Waals surface area contributed by atoms with Gasteiger partial charge in [0.05, 0.1) is 5.41 Å². The third kappa shape index (κ3) is 5.39. The molecule has 0 spiro atoms. The van der Waals surface area contributed by atoms with Gasteiger partial charge in [0.2, 0.25) is 0 Å². The molecule has 10 aromatic carbocycles. The van der Waals surface area contributed by atoms with E-state index in [1.165, 1.54) is 77.2 Å². The fourth-order valence-corrected chi connectivity index (χ4v) is 9.54. The van der Waals surface area contributed by atoms with E-state index in [2.05, 4.69) is 241 Å². The normalized spacial score (nSPS) is 12.6. The minimum absolute atomic E-state index is 0.492. The Hall–Kier alpha value is -7.48. The van der Waals surface area contributed by atoms with Gasteiger partial charge in [0, 0.05) is 17.1 Å². The molecule has 0 amide bonds. The van der Waals surface area contributed by atoms with Crippen molar-refractivity contribution in [1.82, 2.24) is 0 Å². The van der Waals surface area contributed by atoms with Crippen LogP contribution in [0.15, 0.2) is 237 Å². The Labute approximate surface area is 339 Å². The van der Waals surface area contributed by atoms with Gasteiger partial charge in [-0.1, -0.05) is 194 Å². The van der Waals surface area contributed by atoms with E-state index in [0.29, 0.717) is 0 Å². The molecular formula is C57H39N. The maximum Gasteiger partial charge on any atom is 0.0714 e. The van der Waals surface area contributed by atoms with Crippen LogP contribution in [0.3, 0.4) is 0 Å². The van der Waals surface area contributed by atoms with Crippen LogP contribution in [0.1, 0.15) is 22.3 Å². The average molecular weight is 738 g/mol. The molecule has 0 saturated heterocycles. The molecule has 0 aliphatic heterocycles. The molecule has 0 radical (unpaired) electrons. The van der Waals surface area contributed by atoms with Crippen molar-refractivity contribution in [3.05, 3.63) is 259 Å². The van der Waals surface area contributed by atoms with Crippen molar-refractivity contribution in [3.8, 4) is 33.4 Å². The van der Waals surface area contributed by atoms with Crippen LogP contribution < -0.4 is 4.90 Å². The summed E-state index contributed by atoms with van der Waals surface area (Å²) in [5, 5.41) is 5.07. The quantitative estimate of drug-likeness (QED) is 0.147. The second kappa shape index (κ2) is 13.9. The highest BCUT2D eigenvalue weighted by molar-refractivity contribution is 6.13. The van der Waals surface area contributed by atoms with Crippen molar-refractivity contribution in [2.24, 2.45) is 0 Å². The first-order chi connectivity index (χ1) is 28.8. The van der Waals surface area contributed by atoms with Gasteiger partial charge in [-0.2, -0.15) is 0 Å². The van der Waals surface area contributed by atoms with Gasteiger partial charge < -0.3 is 4.90 Å². The Morgan fingerprint density at radius 3 is 1.43 bits per heavy atom. The molecule has 0 unspecified atom stereocenters. The standard InChI is InChI=1S/C57H39N/c1-4-16-40(17-5-1)41-28-32-46(33-29-41)58(47-34-30-42(31-35-47)54-38-43-18-10-11-23-49(43)50-24-12-13-25-51(50)54)48-36-37-53-52-26-14-15-27-55(52)57(56(53)39-48,44-19-6-2-7-20-44)45-21-8-3-9-22-45/h1-39H. The number of fused-ring (bicyclic) bond motifs is 6. The van der Waals surface area contributed by atoms with Gasteiger partial charge in [-0.15, -0.1) is 0 Å². The fraction of sp³-hybridized carbons (Fsp3) is 0.0175. The monoisotopic (exact) mass is 737 g/mol. The molecule has 1 aliphatic carbocycles. The lowest BCUT2D eigenvalue weighted by Crippen LogP contribution is -2.28. The Bertz CT molecular complexity index is 3040. The number of benzene rings is 10. The van der Waals surface area contributed by atoms with Crippen molar-refractivity contribution >= 4 is 38.6 Å². The highest BCUT2D eigenvalue weighted by Gasteiger charge is 2.46. The van der Waals surface area contributed by atoms with Crippen LogP contribution in [-0.4, -0.2) is 0 Å². The first-order valence-corrected chi connectivity index (χ1v) is 20.1. The van der Waals surface area contributed by atoms with Crippen molar-refractivity contribution in [1.29, 1.82) is 0 Å². The predicted molar refractivity (Wildman–Crippen MR) is 244 cm³/mol. The smallest absolute Gasteiger partial charge is 0.0714 e. The van der Waals surface area contributed by atoms with Gasteiger partial charge in [0.15, 0.2) is 0 Å². The van der Waals surface area contributed by atoms with Crippen LogP contribution in [0.25, 0.3) is 54.9 Å². The van der Waals surface area contributed by atoms with Crippen LogP contribution in [0.5, 0.6) is 0 Å². The molecule has 0 bridgehead atoms. The van der Waals surface area contributed by atoms with Crippen LogP contribution in [0.2, 0.25) is 0 Å². The van der Waals surface area contributed by atoms with Crippen molar-refractivity contribution in [2.45, 2.75) is 5.41 Å². The number of anilines is 3. The molecule has 1 heteroatoms. The van der Waals surface area contributed by atoms with E-state index in [1.807, 2.05) is 0 Å². The van der Waals surface area contributed by atoms with Crippen molar-refractivity contribution in [2.75, 3.05) is 4.90 Å². The van der Waals surface area contributed by atoms with Gasteiger partial charge in [0.1, 0.15) is 0 Å². The first-order valence-electron chi connectivity index (χ1n) is 20.1. The minimum atomic E-state index is -0.492. The molecule has 0 atom stereocenters. The van der Waals surface area contributed by atoms with Crippen LogP contribution >= 0.6 is 0 Å². The SMILES string of the molecule is c1ccc(-c2ccc(N(c3ccc(-c4cc5ccccc5c5ccccc45)cc3)c3ccc4c(c3)C(c3ccccc3)(c3ccccc3)c3ccccc3-4)cc2)cc1. The molecule has 1 nitrogen and oxygen atoms in total. The molecule has 0 aromatic heterocycles. The molecule has 0 fully saturated rings. The molecule has 11 rings (SSSR count). The Morgan fingerprint density at radius 1 is 0.276 bits per heavy atom. The van der Waals surface area contributed by atoms with Gasteiger partial charge in [-0.25, -0.2) is 0 Å². The van der Waals surface area contributed by atoms with E-state index >= 15 is 0 Å². The van der Waals surface area contributed by atoms with Gasteiger partial charge in [0.25, 0.3) is 0 Å². The highest BCUT2D eigenvalue weighted by atomic mass is 15.1. The van der Waals surface area contributed by atoms with E-state index in [0.717, 1.165) is 17.1 Å². The molecule has 0 saturated carbocycles. The Kier molecular flexibility index (Phi) is 8.12. The molecule has 58 heavy (non-hydrogen) atoms. The van der Waals surface area contributed by atoms with Crippen molar-refractivity contribution in [3.63, 3.8) is 0 Å². The number of hydrogen-bond donors (Lipinski definition) is 0.